The van der Waals surface area contributed by atoms with Crippen LogP contribution in [0.2, 0.25) is 0 Å². The van der Waals surface area contributed by atoms with Gasteiger partial charge in [0.1, 0.15) is 0 Å². The molecule has 2 N–H and O–H groups in total. The molecule has 0 spiro atoms. The quantitative estimate of drug-likeness (QED) is 0.698. The van der Waals surface area contributed by atoms with Crippen molar-refractivity contribution < 1.29 is 9.59 Å². The Morgan fingerprint density at radius 3 is 2.15 bits per heavy atom. The molecule has 0 saturated carbocycles. The summed E-state index contributed by atoms with van der Waals surface area (Å²) < 4.78 is 0. The van der Waals surface area contributed by atoms with Crippen LogP contribution >= 0.6 is 0 Å². The minimum absolute atomic E-state index is 0.0191. The summed E-state index contributed by atoms with van der Waals surface area (Å²) in [5.41, 5.74) is 6.49. The molecular formula is C10H11NO2. The van der Waals surface area contributed by atoms with Gasteiger partial charge in [-0.05, 0) is 12.5 Å². The molecule has 1 aromatic carbocycles. The van der Waals surface area contributed by atoms with E-state index in [4.69, 9.17) is 5.73 Å². The Kier molecular flexibility index (Phi) is 2.80. The molecule has 1 rings (SSSR count). The van der Waals surface area contributed by atoms with Crippen molar-refractivity contribution in [3.05, 3.63) is 35.4 Å². The first-order valence-electron chi connectivity index (χ1n) is 3.98. The summed E-state index contributed by atoms with van der Waals surface area (Å²) in [6.07, 6.45) is 0.220. The molecular weight excluding hydrogens is 166 g/mol. The minimum Gasteiger partial charge on any atom is -0.369 e. The lowest BCUT2D eigenvalue weighted by atomic mass is 10.1. The van der Waals surface area contributed by atoms with E-state index in [1.54, 1.807) is 24.3 Å². The molecule has 13 heavy (non-hydrogen) atoms. The van der Waals surface area contributed by atoms with E-state index in [0.29, 0.717) is 5.56 Å². The van der Waals surface area contributed by atoms with E-state index in [2.05, 4.69) is 0 Å². The molecule has 1 aromatic rings. The van der Waals surface area contributed by atoms with Crippen LogP contribution < -0.4 is 5.73 Å². The van der Waals surface area contributed by atoms with Crippen LogP contribution in [0.5, 0.6) is 0 Å². The zero-order valence-corrected chi connectivity index (χ0v) is 7.41. The number of amides is 1. The van der Waals surface area contributed by atoms with E-state index in [-0.39, 0.29) is 18.1 Å². The average molecular weight is 177 g/mol. The Labute approximate surface area is 76.6 Å². The van der Waals surface area contributed by atoms with E-state index in [0.717, 1.165) is 5.56 Å². The summed E-state index contributed by atoms with van der Waals surface area (Å²) in [4.78, 5) is 21.4. The Morgan fingerprint density at radius 1 is 1.23 bits per heavy atom. The Balaban J connectivity index is 2.81. The Morgan fingerprint density at radius 2 is 1.77 bits per heavy atom. The second kappa shape index (κ2) is 3.85. The number of benzene rings is 1. The number of hydrogen-bond acceptors (Lipinski definition) is 2. The van der Waals surface area contributed by atoms with Gasteiger partial charge in [0.2, 0.25) is 5.91 Å². The number of primary amides is 1. The van der Waals surface area contributed by atoms with Crippen molar-refractivity contribution in [2.75, 3.05) is 0 Å². The predicted molar refractivity (Wildman–Crippen MR) is 49.3 cm³/mol. The van der Waals surface area contributed by atoms with Gasteiger partial charge in [-0.15, -0.1) is 0 Å². The van der Waals surface area contributed by atoms with Gasteiger partial charge in [0.25, 0.3) is 0 Å². The third-order valence-electron chi connectivity index (χ3n) is 1.74. The number of hydrogen-bond donors (Lipinski definition) is 1. The van der Waals surface area contributed by atoms with Crippen molar-refractivity contribution in [1.82, 2.24) is 0 Å². The molecule has 68 valence electrons. The van der Waals surface area contributed by atoms with Crippen molar-refractivity contribution >= 4 is 11.7 Å². The average Bonchev–Trinajstić information content (AvgIpc) is 2.04. The van der Waals surface area contributed by atoms with Crippen LogP contribution in [0.4, 0.5) is 0 Å². The zero-order valence-electron chi connectivity index (χ0n) is 7.41. The molecule has 0 aromatic heterocycles. The van der Waals surface area contributed by atoms with E-state index in [1.807, 2.05) is 0 Å². The Hall–Kier alpha value is -1.64. The first-order chi connectivity index (χ1) is 6.09. The summed E-state index contributed by atoms with van der Waals surface area (Å²) in [5, 5.41) is 0. The van der Waals surface area contributed by atoms with Gasteiger partial charge in [0.05, 0.1) is 6.42 Å². The zero-order chi connectivity index (χ0) is 9.84. The van der Waals surface area contributed by atoms with Gasteiger partial charge in [-0.2, -0.15) is 0 Å². The largest absolute Gasteiger partial charge is 0.369 e. The molecule has 3 heteroatoms. The monoisotopic (exact) mass is 177 g/mol. The molecule has 0 saturated heterocycles. The van der Waals surface area contributed by atoms with Crippen LogP contribution in [-0.4, -0.2) is 11.7 Å². The smallest absolute Gasteiger partial charge is 0.221 e. The van der Waals surface area contributed by atoms with Gasteiger partial charge in [-0.25, -0.2) is 0 Å². The minimum atomic E-state index is -0.365. The second-order valence-corrected chi connectivity index (χ2v) is 2.90. The second-order valence-electron chi connectivity index (χ2n) is 2.90. The molecule has 0 aliphatic rings. The van der Waals surface area contributed by atoms with Crippen LogP contribution in [-0.2, 0) is 11.2 Å². The number of ketones is 1. The van der Waals surface area contributed by atoms with Crippen molar-refractivity contribution in [2.24, 2.45) is 5.73 Å². The number of carbonyl (C=O) groups is 2. The molecule has 1 amide bonds. The molecule has 0 aliphatic carbocycles. The lowest BCUT2D eigenvalue weighted by Crippen LogP contribution is -2.13. The molecule has 0 unspecified atom stereocenters. The van der Waals surface area contributed by atoms with Crippen LogP contribution in [0, 0.1) is 0 Å². The van der Waals surface area contributed by atoms with Gasteiger partial charge in [-0.1, -0.05) is 24.3 Å². The van der Waals surface area contributed by atoms with Crippen molar-refractivity contribution in [1.29, 1.82) is 0 Å². The first-order valence-corrected chi connectivity index (χ1v) is 3.98. The van der Waals surface area contributed by atoms with Crippen LogP contribution in [0.1, 0.15) is 22.8 Å². The summed E-state index contributed by atoms with van der Waals surface area (Å²) in [6, 6.07) is 6.87. The van der Waals surface area contributed by atoms with Crippen molar-refractivity contribution in [3.63, 3.8) is 0 Å². The highest BCUT2D eigenvalue weighted by Gasteiger charge is 2.00. The van der Waals surface area contributed by atoms with Crippen LogP contribution in [0.15, 0.2) is 24.3 Å². The normalized spacial score (nSPS) is 9.62. The van der Waals surface area contributed by atoms with Crippen molar-refractivity contribution in [3.8, 4) is 0 Å². The highest BCUT2D eigenvalue weighted by atomic mass is 16.1. The maximum Gasteiger partial charge on any atom is 0.221 e. The summed E-state index contributed by atoms with van der Waals surface area (Å²) >= 11 is 0. The highest BCUT2D eigenvalue weighted by Crippen LogP contribution is 2.05. The molecule has 0 aliphatic heterocycles. The lowest BCUT2D eigenvalue weighted by Gasteiger charge is -1.98. The maximum absolute atomic E-state index is 10.9. The third kappa shape index (κ3) is 2.71. The van der Waals surface area contributed by atoms with Gasteiger partial charge in [0, 0.05) is 5.56 Å². The number of nitrogens with two attached hydrogens (primary N) is 1. The van der Waals surface area contributed by atoms with Crippen LogP contribution in [0.25, 0.3) is 0 Å². The number of rotatable bonds is 3. The molecule has 0 radical (unpaired) electrons. The SMILES string of the molecule is CC(=O)c1ccc(CC(N)=O)cc1. The summed E-state index contributed by atoms with van der Waals surface area (Å²) in [6.45, 7) is 1.50. The topological polar surface area (TPSA) is 60.2 Å². The van der Waals surface area contributed by atoms with Gasteiger partial charge in [0.15, 0.2) is 5.78 Å². The fourth-order valence-corrected chi connectivity index (χ4v) is 1.06. The number of carbonyl (C=O) groups excluding carboxylic acids is 2. The fraction of sp³-hybridized carbons (Fsp3) is 0.200. The van der Waals surface area contributed by atoms with E-state index >= 15 is 0 Å². The van der Waals surface area contributed by atoms with Gasteiger partial charge >= 0.3 is 0 Å². The van der Waals surface area contributed by atoms with E-state index in [1.165, 1.54) is 6.92 Å². The van der Waals surface area contributed by atoms with E-state index in [9.17, 15) is 9.59 Å². The van der Waals surface area contributed by atoms with Crippen LogP contribution in [0.3, 0.4) is 0 Å². The van der Waals surface area contributed by atoms with Crippen molar-refractivity contribution in [2.45, 2.75) is 13.3 Å². The molecule has 3 nitrogen and oxygen atoms in total. The summed E-state index contributed by atoms with van der Waals surface area (Å²) in [7, 11) is 0. The maximum atomic E-state index is 10.9. The molecule has 0 heterocycles. The highest BCUT2D eigenvalue weighted by molar-refractivity contribution is 5.94. The fourth-order valence-electron chi connectivity index (χ4n) is 1.06. The van der Waals surface area contributed by atoms with Gasteiger partial charge < -0.3 is 5.73 Å². The van der Waals surface area contributed by atoms with Gasteiger partial charge in [-0.3, -0.25) is 9.59 Å². The molecule has 0 fully saturated rings. The first kappa shape index (κ1) is 9.45. The lowest BCUT2D eigenvalue weighted by molar-refractivity contribution is -0.117. The molecule has 0 atom stereocenters. The third-order valence-corrected chi connectivity index (χ3v) is 1.74. The Bertz CT molecular complexity index is 327. The van der Waals surface area contributed by atoms with E-state index < -0.39 is 0 Å². The predicted octanol–water partition coefficient (Wildman–Crippen LogP) is 0.917. The number of Topliss-reactive ketones (excluding diaryl/α,β-unsaturated/α-hetero) is 1. The standard InChI is InChI=1S/C10H11NO2/c1-7(12)9-4-2-8(3-5-9)6-10(11)13/h2-5H,6H2,1H3,(H2,11,13). The summed E-state index contributed by atoms with van der Waals surface area (Å²) in [5.74, 6) is -0.346. The molecule has 0 bridgehead atoms.